The van der Waals surface area contributed by atoms with Gasteiger partial charge in [0.2, 0.25) is 0 Å². The molecule has 3 rings (SSSR count). The SMILES string of the molecule is CN=C(NCC(c1ccco1)N(C)C)NC1CCN(c2cc(OC)cc(OC)c2)CC1.I. The molecule has 0 spiro atoms. The highest BCUT2D eigenvalue weighted by Gasteiger charge is 2.22. The minimum absolute atomic E-state index is 0. The summed E-state index contributed by atoms with van der Waals surface area (Å²) in [4.78, 5) is 8.93. The van der Waals surface area contributed by atoms with Crippen LogP contribution in [0.3, 0.4) is 0 Å². The Balaban J connectivity index is 0.00000363. The van der Waals surface area contributed by atoms with Gasteiger partial charge in [0, 0.05) is 56.6 Å². The van der Waals surface area contributed by atoms with Crippen molar-refractivity contribution in [3.63, 3.8) is 0 Å². The number of benzene rings is 1. The van der Waals surface area contributed by atoms with E-state index in [0.29, 0.717) is 12.6 Å². The summed E-state index contributed by atoms with van der Waals surface area (Å²) in [6.07, 6.45) is 3.76. The van der Waals surface area contributed by atoms with Crippen LogP contribution in [0, 0.1) is 0 Å². The van der Waals surface area contributed by atoms with Crippen molar-refractivity contribution in [2.24, 2.45) is 4.99 Å². The molecule has 1 aliphatic heterocycles. The van der Waals surface area contributed by atoms with Gasteiger partial charge < -0.3 is 29.4 Å². The van der Waals surface area contributed by atoms with Crippen LogP contribution in [0.25, 0.3) is 0 Å². The number of nitrogens with one attached hydrogen (secondary N) is 2. The zero-order valence-electron chi connectivity index (χ0n) is 19.6. The Bertz CT molecular complexity index is 814. The lowest BCUT2D eigenvalue weighted by molar-refractivity contribution is 0.257. The highest BCUT2D eigenvalue weighted by atomic mass is 127. The van der Waals surface area contributed by atoms with E-state index in [9.17, 15) is 0 Å². The summed E-state index contributed by atoms with van der Waals surface area (Å²) in [5.74, 6) is 3.38. The third-order valence-electron chi connectivity index (χ3n) is 5.72. The van der Waals surface area contributed by atoms with Gasteiger partial charge in [0.1, 0.15) is 17.3 Å². The van der Waals surface area contributed by atoms with Gasteiger partial charge in [0.15, 0.2) is 5.96 Å². The third-order valence-corrected chi connectivity index (χ3v) is 5.72. The van der Waals surface area contributed by atoms with Crippen LogP contribution in [-0.4, -0.2) is 71.9 Å². The number of guanidine groups is 1. The van der Waals surface area contributed by atoms with Gasteiger partial charge in [-0.05, 0) is 39.1 Å². The molecular weight excluding hydrogens is 521 g/mol. The van der Waals surface area contributed by atoms with E-state index in [1.807, 2.05) is 39.3 Å². The number of likely N-dealkylation sites (N-methyl/N-ethyl adjacent to an activating group) is 1. The van der Waals surface area contributed by atoms with Crippen molar-refractivity contribution in [1.82, 2.24) is 15.5 Å². The lowest BCUT2D eigenvalue weighted by atomic mass is 10.0. The van der Waals surface area contributed by atoms with E-state index < -0.39 is 0 Å². The third kappa shape index (κ3) is 6.93. The van der Waals surface area contributed by atoms with Crippen molar-refractivity contribution in [1.29, 1.82) is 0 Å². The molecule has 1 aromatic heterocycles. The van der Waals surface area contributed by atoms with E-state index in [-0.39, 0.29) is 30.0 Å². The topological polar surface area (TPSA) is 74.5 Å². The second-order valence-electron chi connectivity index (χ2n) is 7.92. The molecule has 1 fully saturated rings. The number of rotatable bonds is 8. The molecule has 1 saturated heterocycles. The monoisotopic (exact) mass is 557 g/mol. The molecule has 0 saturated carbocycles. The van der Waals surface area contributed by atoms with Crippen LogP contribution >= 0.6 is 24.0 Å². The number of piperidine rings is 1. The van der Waals surface area contributed by atoms with Crippen LogP contribution < -0.4 is 25.0 Å². The Morgan fingerprint density at radius 1 is 1.19 bits per heavy atom. The van der Waals surface area contributed by atoms with Crippen LogP contribution in [0.4, 0.5) is 5.69 Å². The highest BCUT2D eigenvalue weighted by molar-refractivity contribution is 14.0. The molecule has 2 heterocycles. The van der Waals surface area contributed by atoms with Crippen molar-refractivity contribution in [3.8, 4) is 11.5 Å². The summed E-state index contributed by atoms with van der Waals surface area (Å²) in [5.41, 5.74) is 1.13. The fraction of sp³-hybridized carbons (Fsp3) is 0.522. The van der Waals surface area contributed by atoms with Crippen molar-refractivity contribution >= 4 is 35.6 Å². The molecule has 1 aromatic carbocycles. The first kappa shape index (κ1) is 26.1. The quantitative estimate of drug-likeness (QED) is 0.293. The predicted molar refractivity (Wildman–Crippen MR) is 140 cm³/mol. The lowest BCUT2D eigenvalue weighted by Crippen LogP contribution is -2.49. The van der Waals surface area contributed by atoms with Crippen LogP contribution in [0.1, 0.15) is 24.6 Å². The second-order valence-corrected chi connectivity index (χ2v) is 7.92. The zero-order chi connectivity index (χ0) is 22.2. The van der Waals surface area contributed by atoms with Gasteiger partial charge in [0.05, 0.1) is 26.5 Å². The number of hydrogen-bond donors (Lipinski definition) is 2. The molecule has 32 heavy (non-hydrogen) atoms. The van der Waals surface area contributed by atoms with E-state index in [1.165, 1.54) is 0 Å². The lowest BCUT2D eigenvalue weighted by Gasteiger charge is -2.35. The van der Waals surface area contributed by atoms with Crippen LogP contribution in [0.2, 0.25) is 0 Å². The van der Waals surface area contributed by atoms with Crippen molar-refractivity contribution in [2.45, 2.75) is 24.9 Å². The first-order chi connectivity index (χ1) is 15.0. The fourth-order valence-corrected chi connectivity index (χ4v) is 3.86. The fourth-order valence-electron chi connectivity index (χ4n) is 3.86. The van der Waals surface area contributed by atoms with Gasteiger partial charge in [0.25, 0.3) is 0 Å². The summed E-state index contributed by atoms with van der Waals surface area (Å²) in [6.45, 7) is 2.62. The number of furan rings is 1. The Labute approximate surface area is 208 Å². The summed E-state index contributed by atoms with van der Waals surface area (Å²) in [5, 5.41) is 7.03. The van der Waals surface area contributed by atoms with Crippen molar-refractivity contribution in [3.05, 3.63) is 42.4 Å². The summed E-state index contributed by atoms with van der Waals surface area (Å²) < 4.78 is 16.4. The smallest absolute Gasteiger partial charge is 0.191 e. The number of halogens is 1. The number of ether oxygens (including phenoxy) is 2. The Kier molecular flexibility index (Phi) is 10.4. The summed E-state index contributed by atoms with van der Waals surface area (Å²) in [7, 11) is 9.27. The molecule has 0 amide bonds. The van der Waals surface area contributed by atoms with Gasteiger partial charge in [-0.2, -0.15) is 0 Å². The molecule has 178 valence electrons. The molecule has 0 radical (unpaired) electrons. The normalized spacial score (nSPS) is 15.8. The number of methoxy groups -OCH3 is 2. The minimum Gasteiger partial charge on any atom is -0.497 e. The first-order valence-corrected chi connectivity index (χ1v) is 10.7. The van der Waals surface area contributed by atoms with E-state index in [2.05, 4.69) is 37.6 Å². The van der Waals surface area contributed by atoms with E-state index in [1.54, 1.807) is 20.5 Å². The van der Waals surface area contributed by atoms with E-state index >= 15 is 0 Å². The molecule has 0 aliphatic carbocycles. The molecule has 0 bridgehead atoms. The average molecular weight is 557 g/mol. The van der Waals surface area contributed by atoms with Crippen molar-refractivity contribution < 1.29 is 13.9 Å². The molecule has 2 N–H and O–H groups in total. The zero-order valence-corrected chi connectivity index (χ0v) is 22.0. The second kappa shape index (κ2) is 12.8. The molecule has 2 aromatic rings. The van der Waals surface area contributed by atoms with Crippen molar-refractivity contribution in [2.75, 3.05) is 59.9 Å². The van der Waals surface area contributed by atoms with Gasteiger partial charge >= 0.3 is 0 Å². The van der Waals surface area contributed by atoms with E-state index in [4.69, 9.17) is 13.9 Å². The molecular formula is C23H36IN5O3. The Morgan fingerprint density at radius 3 is 2.34 bits per heavy atom. The predicted octanol–water partition coefficient (Wildman–Crippen LogP) is 3.35. The highest BCUT2D eigenvalue weighted by Crippen LogP contribution is 2.30. The largest absolute Gasteiger partial charge is 0.497 e. The molecule has 9 heteroatoms. The average Bonchev–Trinajstić information content (AvgIpc) is 3.32. The van der Waals surface area contributed by atoms with E-state index in [0.717, 1.165) is 54.8 Å². The molecule has 1 atom stereocenters. The Morgan fingerprint density at radius 2 is 1.84 bits per heavy atom. The number of nitrogens with zero attached hydrogens (tertiary/aromatic N) is 3. The first-order valence-electron chi connectivity index (χ1n) is 10.7. The maximum atomic E-state index is 5.59. The van der Waals surface area contributed by atoms with Gasteiger partial charge in [-0.1, -0.05) is 0 Å². The maximum Gasteiger partial charge on any atom is 0.191 e. The molecule has 8 nitrogen and oxygen atoms in total. The number of hydrogen-bond acceptors (Lipinski definition) is 6. The Hall–Kier alpha value is -2.14. The number of anilines is 1. The van der Waals surface area contributed by atoms with Crippen LogP contribution in [-0.2, 0) is 0 Å². The van der Waals surface area contributed by atoms with Gasteiger partial charge in [-0.15, -0.1) is 24.0 Å². The molecule has 1 aliphatic rings. The molecule has 1 unspecified atom stereocenters. The van der Waals surface area contributed by atoms with Crippen LogP contribution in [0.5, 0.6) is 11.5 Å². The minimum atomic E-state index is 0. The number of aliphatic imine (C=N–C) groups is 1. The van der Waals surface area contributed by atoms with Crippen LogP contribution in [0.15, 0.2) is 46.0 Å². The van der Waals surface area contributed by atoms with Gasteiger partial charge in [-0.3, -0.25) is 9.89 Å². The van der Waals surface area contributed by atoms with Gasteiger partial charge in [-0.25, -0.2) is 0 Å². The maximum absolute atomic E-state index is 5.59. The summed E-state index contributed by atoms with van der Waals surface area (Å²) >= 11 is 0. The standard InChI is InChI=1S/C23H35N5O3.HI/c1-24-23(25-16-21(27(2)3)22-7-6-12-31-22)26-17-8-10-28(11-9-17)18-13-19(29-4)15-20(14-18)30-5;/h6-7,12-15,17,21H,8-11,16H2,1-5H3,(H2,24,25,26);1H. The summed E-state index contributed by atoms with van der Waals surface area (Å²) in [6, 6.07) is 10.5.